The maximum absolute atomic E-state index is 14.4. The molecule has 0 aliphatic rings. The summed E-state index contributed by atoms with van der Waals surface area (Å²) in [5, 5.41) is 3.35. The van der Waals surface area contributed by atoms with Crippen LogP contribution in [0.3, 0.4) is 0 Å². The highest BCUT2D eigenvalue weighted by Crippen LogP contribution is 2.26. The summed E-state index contributed by atoms with van der Waals surface area (Å²) in [5.41, 5.74) is 2.98. The molecular weight excluding hydrogens is 582 g/mol. The van der Waals surface area contributed by atoms with E-state index in [9.17, 15) is 18.0 Å². The van der Waals surface area contributed by atoms with Crippen molar-refractivity contribution in [1.82, 2.24) is 10.2 Å². The second kappa shape index (κ2) is 14.8. The maximum Gasteiger partial charge on any atom is 0.264 e. The van der Waals surface area contributed by atoms with Crippen LogP contribution in [-0.4, -0.2) is 44.3 Å². The third-order valence-corrected chi connectivity index (χ3v) is 9.06. The van der Waals surface area contributed by atoms with E-state index in [1.54, 1.807) is 24.3 Å². The van der Waals surface area contributed by atoms with Gasteiger partial charge in [-0.1, -0.05) is 96.9 Å². The summed E-state index contributed by atoms with van der Waals surface area (Å²) in [6.07, 6.45) is 1.00. The van der Waals surface area contributed by atoms with Crippen molar-refractivity contribution in [3.05, 3.63) is 131 Å². The van der Waals surface area contributed by atoms with Gasteiger partial charge in [-0.15, -0.1) is 0 Å². The van der Waals surface area contributed by atoms with E-state index in [0.717, 1.165) is 27.4 Å². The van der Waals surface area contributed by atoms with Crippen LogP contribution in [0.4, 0.5) is 5.69 Å². The molecule has 0 saturated carbocycles. The number of rotatable bonds is 13. The first-order chi connectivity index (χ1) is 20.7. The van der Waals surface area contributed by atoms with Gasteiger partial charge in [-0.05, 0) is 60.9 Å². The predicted octanol–water partition coefficient (Wildman–Crippen LogP) is 6.01. The lowest BCUT2D eigenvalue weighted by atomic mass is 10.0. The summed E-state index contributed by atoms with van der Waals surface area (Å²) >= 11 is 6.04. The number of aryl methyl sites for hydroxylation is 1. The Morgan fingerprint density at radius 3 is 1.98 bits per heavy atom. The van der Waals surface area contributed by atoms with Crippen LogP contribution in [0.1, 0.15) is 30.0 Å². The summed E-state index contributed by atoms with van der Waals surface area (Å²) in [7, 11) is -4.18. The lowest BCUT2D eigenvalue weighted by Gasteiger charge is -2.34. The monoisotopic (exact) mass is 617 g/mol. The van der Waals surface area contributed by atoms with Crippen molar-refractivity contribution in [2.24, 2.45) is 0 Å². The smallest absolute Gasteiger partial charge is 0.264 e. The zero-order valence-corrected chi connectivity index (χ0v) is 25.9. The van der Waals surface area contributed by atoms with Gasteiger partial charge >= 0.3 is 0 Å². The van der Waals surface area contributed by atoms with Crippen LogP contribution in [0, 0.1) is 6.92 Å². The molecule has 1 N–H and O–H groups in total. The van der Waals surface area contributed by atoms with Crippen LogP contribution < -0.4 is 9.62 Å². The number of amides is 2. The Morgan fingerprint density at radius 1 is 0.814 bits per heavy atom. The molecule has 0 spiro atoms. The van der Waals surface area contributed by atoms with E-state index in [0.29, 0.717) is 17.3 Å². The summed E-state index contributed by atoms with van der Waals surface area (Å²) in [6.45, 7) is 3.93. The largest absolute Gasteiger partial charge is 0.354 e. The van der Waals surface area contributed by atoms with Gasteiger partial charge in [-0.25, -0.2) is 8.42 Å². The Labute approximate surface area is 259 Å². The van der Waals surface area contributed by atoms with Gasteiger partial charge in [0.25, 0.3) is 10.0 Å². The number of hydrogen-bond donors (Lipinski definition) is 1. The number of nitrogens with zero attached hydrogens (tertiary/aromatic N) is 2. The molecule has 43 heavy (non-hydrogen) atoms. The first-order valence-electron chi connectivity index (χ1n) is 14.2. The summed E-state index contributed by atoms with van der Waals surface area (Å²) in [4.78, 5) is 29.5. The van der Waals surface area contributed by atoms with Gasteiger partial charge in [0.1, 0.15) is 12.6 Å². The van der Waals surface area contributed by atoms with Crippen molar-refractivity contribution in [2.45, 2.75) is 44.2 Å². The molecule has 1 atom stereocenters. The molecule has 7 nitrogen and oxygen atoms in total. The van der Waals surface area contributed by atoms with Crippen molar-refractivity contribution in [2.75, 3.05) is 17.4 Å². The standard InChI is InChI=1S/C34H36ClN3O4S/c1-3-22-36-34(40)32(23-27-10-6-4-7-11-27)37(24-28-12-8-5-9-13-28)33(39)25-38(30-18-14-26(2)15-19-30)43(41,42)31-20-16-29(35)17-21-31/h4-21,32H,3,22-25H2,1-2H3,(H,36,40)/t32-/m1/s1. The first-order valence-corrected chi connectivity index (χ1v) is 16.0. The normalized spacial score (nSPS) is 11.9. The predicted molar refractivity (Wildman–Crippen MR) is 171 cm³/mol. The molecule has 0 aromatic heterocycles. The molecule has 0 heterocycles. The van der Waals surface area contributed by atoms with Gasteiger partial charge in [0, 0.05) is 24.5 Å². The molecule has 4 aromatic carbocycles. The van der Waals surface area contributed by atoms with Crippen molar-refractivity contribution < 1.29 is 18.0 Å². The van der Waals surface area contributed by atoms with Crippen LogP contribution in [0.15, 0.2) is 114 Å². The highest BCUT2D eigenvalue weighted by Gasteiger charge is 2.34. The average Bonchev–Trinajstić information content (AvgIpc) is 3.02. The molecule has 0 fully saturated rings. The zero-order valence-electron chi connectivity index (χ0n) is 24.3. The minimum absolute atomic E-state index is 0.00130. The van der Waals surface area contributed by atoms with E-state index >= 15 is 0 Å². The molecule has 0 aliphatic heterocycles. The van der Waals surface area contributed by atoms with Crippen LogP contribution in [0.25, 0.3) is 0 Å². The highest BCUT2D eigenvalue weighted by atomic mass is 35.5. The van der Waals surface area contributed by atoms with Gasteiger partial charge in [0.05, 0.1) is 10.6 Å². The summed E-state index contributed by atoms with van der Waals surface area (Å²) in [5.74, 6) is -0.799. The van der Waals surface area contributed by atoms with Crippen molar-refractivity contribution in [1.29, 1.82) is 0 Å². The van der Waals surface area contributed by atoms with Gasteiger partial charge in [0.15, 0.2) is 0 Å². The second-order valence-electron chi connectivity index (χ2n) is 10.3. The van der Waals surface area contributed by atoms with Gasteiger partial charge in [-0.3, -0.25) is 13.9 Å². The molecule has 9 heteroatoms. The molecule has 0 unspecified atom stereocenters. The molecule has 4 rings (SSSR count). The quantitative estimate of drug-likeness (QED) is 0.199. The number of hydrogen-bond acceptors (Lipinski definition) is 4. The molecule has 0 radical (unpaired) electrons. The minimum Gasteiger partial charge on any atom is -0.354 e. The van der Waals surface area contributed by atoms with Crippen molar-refractivity contribution >= 4 is 39.1 Å². The Bertz CT molecular complexity index is 1600. The maximum atomic E-state index is 14.4. The van der Waals surface area contributed by atoms with Gasteiger partial charge < -0.3 is 10.2 Å². The Hall–Kier alpha value is -4.14. The van der Waals surface area contributed by atoms with Gasteiger partial charge in [0.2, 0.25) is 11.8 Å². The number of sulfonamides is 1. The van der Waals surface area contributed by atoms with E-state index in [-0.39, 0.29) is 23.8 Å². The van der Waals surface area contributed by atoms with E-state index in [4.69, 9.17) is 11.6 Å². The SMILES string of the molecule is CCCNC(=O)[C@@H](Cc1ccccc1)N(Cc1ccccc1)C(=O)CN(c1ccc(C)cc1)S(=O)(=O)c1ccc(Cl)cc1. The topological polar surface area (TPSA) is 86.8 Å². The third kappa shape index (κ3) is 8.46. The van der Waals surface area contributed by atoms with Crippen molar-refractivity contribution in [3.63, 3.8) is 0 Å². The minimum atomic E-state index is -4.18. The molecule has 2 amide bonds. The number of anilines is 1. The average molecular weight is 618 g/mol. The molecule has 0 aliphatic carbocycles. The van der Waals surface area contributed by atoms with E-state index < -0.39 is 28.5 Å². The number of nitrogens with one attached hydrogen (secondary N) is 1. The summed E-state index contributed by atoms with van der Waals surface area (Å²) < 4.78 is 29.1. The van der Waals surface area contributed by atoms with Crippen LogP contribution in [0.2, 0.25) is 5.02 Å². The fraction of sp³-hybridized carbons (Fsp3) is 0.235. The lowest BCUT2D eigenvalue weighted by molar-refractivity contribution is -0.140. The molecule has 4 aromatic rings. The first kappa shape index (κ1) is 31.8. The van der Waals surface area contributed by atoms with E-state index in [1.807, 2.05) is 74.5 Å². The zero-order chi connectivity index (χ0) is 30.8. The highest BCUT2D eigenvalue weighted by molar-refractivity contribution is 7.92. The number of halogens is 1. The fourth-order valence-corrected chi connectivity index (χ4v) is 6.21. The van der Waals surface area contributed by atoms with E-state index in [2.05, 4.69) is 5.32 Å². The number of benzene rings is 4. The van der Waals surface area contributed by atoms with Crippen molar-refractivity contribution in [3.8, 4) is 0 Å². The van der Waals surface area contributed by atoms with E-state index in [1.165, 1.54) is 29.2 Å². The number of carbonyl (C=O) groups is 2. The Kier molecular flexibility index (Phi) is 11.0. The molecule has 0 bridgehead atoms. The van der Waals surface area contributed by atoms with Gasteiger partial charge in [-0.2, -0.15) is 0 Å². The summed E-state index contributed by atoms with van der Waals surface area (Å²) in [6, 6.07) is 30.8. The Morgan fingerprint density at radius 2 is 1.40 bits per heavy atom. The molecular formula is C34H36ClN3O4S. The molecule has 0 saturated heterocycles. The second-order valence-corrected chi connectivity index (χ2v) is 12.6. The Balaban J connectivity index is 1.77. The fourth-order valence-electron chi connectivity index (χ4n) is 4.67. The lowest BCUT2D eigenvalue weighted by Crippen LogP contribution is -2.53. The number of carbonyl (C=O) groups excluding carboxylic acids is 2. The van der Waals surface area contributed by atoms with Crippen LogP contribution >= 0.6 is 11.6 Å². The third-order valence-electron chi connectivity index (χ3n) is 7.02. The van der Waals surface area contributed by atoms with Crippen LogP contribution in [-0.2, 0) is 32.6 Å². The van der Waals surface area contributed by atoms with Crippen LogP contribution in [0.5, 0.6) is 0 Å². The molecule has 224 valence electrons.